The number of carbonyl (C=O) groups is 1. The van der Waals surface area contributed by atoms with Gasteiger partial charge in [-0.15, -0.1) is 16.4 Å². The maximum atomic E-state index is 12.5. The van der Waals surface area contributed by atoms with E-state index in [1.54, 1.807) is 18.2 Å². The van der Waals surface area contributed by atoms with E-state index in [9.17, 15) is 13.2 Å². The molecule has 0 atom stereocenters. The van der Waals surface area contributed by atoms with E-state index in [0.29, 0.717) is 15.7 Å². The lowest BCUT2D eigenvalue weighted by Gasteiger charge is -2.16. The summed E-state index contributed by atoms with van der Waals surface area (Å²) in [5.74, 6) is -0.472. The summed E-state index contributed by atoms with van der Waals surface area (Å²) in [5, 5.41) is 13.7. The molecular formula is C15H15ClN6O3S2. The van der Waals surface area contributed by atoms with Gasteiger partial charge in [-0.2, -0.15) is 4.31 Å². The number of likely N-dealkylation sites (N-methyl/N-ethyl adjacent to an activating group) is 1. The van der Waals surface area contributed by atoms with E-state index in [0.717, 1.165) is 21.2 Å². The number of hydrogen-bond acceptors (Lipinski definition) is 7. The minimum absolute atomic E-state index is 0.0830. The first kappa shape index (κ1) is 19.4. The Morgan fingerprint density at radius 2 is 2.11 bits per heavy atom. The van der Waals surface area contributed by atoms with Gasteiger partial charge in [-0.3, -0.25) is 4.79 Å². The predicted molar refractivity (Wildman–Crippen MR) is 102 cm³/mol. The fourth-order valence-electron chi connectivity index (χ4n) is 2.23. The number of tetrazole rings is 1. The zero-order chi connectivity index (χ0) is 19.6. The molecular weight excluding hydrogens is 412 g/mol. The molecule has 0 fully saturated rings. The lowest BCUT2D eigenvalue weighted by Crippen LogP contribution is -2.34. The Morgan fingerprint density at radius 3 is 2.74 bits per heavy atom. The summed E-state index contributed by atoms with van der Waals surface area (Å²) in [6.45, 7) is 1.49. The van der Waals surface area contributed by atoms with E-state index in [1.807, 2.05) is 6.92 Å². The molecule has 0 radical (unpaired) electrons. The minimum Gasteiger partial charge on any atom is -0.325 e. The summed E-state index contributed by atoms with van der Waals surface area (Å²) >= 11 is 6.74. The number of nitrogens with one attached hydrogen (secondary N) is 1. The van der Waals surface area contributed by atoms with Crippen LogP contribution in [0.25, 0.3) is 5.69 Å². The molecule has 3 rings (SSSR count). The van der Waals surface area contributed by atoms with Crippen LogP contribution < -0.4 is 5.32 Å². The first-order valence-corrected chi connectivity index (χ1v) is 10.3. The van der Waals surface area contributed by atoms with Crippen molar-refractivity contribution in [3.63, 3.8) is 0 Å². The number of halogens is 1. The van der Waals surface area contributed by atoms with Crippen LogP contribution in [0.1, 0.15) is 5.56 Å². The molecule has 142 valence electrons. The summed E-state index contributed by atoms with van der Waals surface area (Å²) in [5.41, 5.74) is 2.02. The quantitative estimate of drug-likeness (QED) is 0.645. The third-order valence-corrected chi connectivity index (χ3v) is 7.19. The number of sulfonamides is 1. The first-order chi connectivity index (χ1) is 12.8. The number of anilines is 1. The molecule has 27 heavy (non-hydrogen) atoms. The second-order valence-corrected chi connectivity index (χ2v) is 9.61. The fourth-order valence-corrected chi connectivity index (χ4v) is 5.05. The smallest absolute Gasteiger partial charge is 0.252 e. The van der Waals surface area contributed by atoms with Crippen LogP contribution in [0.5, 0.6) is 0 Å². The van der Waals surface area contributed by atoms with E-state index in [1.165, 1.54) is 30.2 Å². The van der Waals surface area contributed by atoms with Gasteiger partial charge in [0.05, 0.1) is 16.6 Å². The van der Waals surface area contributed by atoms with Crippen LogP contribution in [0.2, 0.25) is 4.34 Å². The summed E-state index contributed by atoms with van der Waals surface area (Å²) in [6, 6.07) is 8.23. The van der Waals surface area contributed by atoms with Gasteiger partial charge in [0.1, 0.15) is 10.5 Å². The van der Waals surface area contributed by atoms with E-state index in [-0.39, 0.29) is 10.8 Å². The Balaban J connectivity index is 1.73. The van der Waals surface area contributed by atoms with E-state index in [4.69, 9.17) is 11.6 Å². The zero-order valence-corrected chi connectivity index (χ0v) is 16.7. The summed E-state index contributed by atoms with van der Waals surface area (Å²) in [7, 11) is -2.44. The van der Waals surface area contributed by atoms with Crippen LogP contribution in [0.3, 0.4) is 0 Å². The Hall–Kier alpha value is -2.34. The van der Waals surface area contributed by atoms with E-state index >= 15 is 0 Å². The molecule has 0 unspecified atom stereocenters. The number of thiophene rings is 1. The maximum absolute atomic E-state index is 12.5. The molecule has 1 N–H and O–H groups in total. The molecule has 2 aromatic heterocycles. The summed E-state index contributed by atoms with van der Waals surface area (Å²) in [4.78, 5) is 12.4. The van der Waals surface area contributed by atoms with Gasteiger partial charge >= 0.3 is 0 Å². The van der Waals surface area contributed by atoms with Crippen molar-refractivity contribution in [3.8, 4) is 5.69 Å². The first-order valence-electron chi connectivity index (χ1n) is 7.63. The molecule has 0 saturated carbocycles. The van der Waals surface area contributed by atoms with Crippen LogP contribution in [0, 0.1) is 6.92 Å². The molecule has 0 aliphatic rings. The second-order valence-electron chi connectivity index (χ2n) is 5.62. The zero-order valence-electron chi connectivity index (χ0n) is 14.3. The highest BCUT2D eigenvalue weighted by Crippen LogP contribution is 2.27. The van der Waals surface area contributed by atoms with E-state index in [2.05, 4.69) is 20.8 Å². The molecule has 0 bridgehead atoms. The Bertz CT molecular complexity index is 1070. The van der Waals surface area contributed by atoms with Gasteiger partial charge in [0, 0.05) is 12.7 Å². The fraction of sp³-hybridized carbons (Fsp3) is 0.200. The lowest BCUT2D eigenvalue weighted by molar-refractivity contribution is -0.116. The van der Waals surface area contributed by atoms with Crippen molar-refractivity contribution in [2.45, 2.75) is 11.1 Å². The predicted octanol–water partition coefficient (Wildman–Crippen LogP) is 1.94. The molecule has 0 spiro atoms. The summed E-state index contributed by atoms with van der Waals surface area (Å²) < 4.78 is 27.8. The monoisotopic (exact) mass is 426 g/mol. The normalized spacial score (nSPS) is 11.7. The van der Waals surface area contributed by atoms with Crippen molar-refractivity contribution in [3.05, 3.63) is 46.6 Å². The average molecular weight is 427 g/mol. The number of aryl methyl sites for hydroxylation is 1. The SMILES string of the molecule is Cc1ccc(-n2cnnn2)cc1NC(=O)CN(C)S(=O)(=O)c1ccc(Cl)s1. The van der Waals surface area contributed by atoms with Crippen molar-refractivity contribution < 1.29 is 13.2 Å². The standard InChI is InChI=1S/C15H15ClN6O3S2/c1-10-3-4-11(22-9-17-19-20-22)7-12(10)18-14(23)8-21(2)27(24,25)15-6-5-13(16)26-15/h3-7,9H,8H2,1-2H3,(H,18,23). The number of nitrogens with zero attached hydrogens (tertiary/aromatic N) is 5. The molecule has 3 aromatic rings. The van der Waals surface area contributed by atoms with Crippen LogP contribution in [-0.4, -0.2) is 52.4 Å². The maximum Gasteiger partial charge on any atom is 0.252 e. The van der Waals surface area contributed by atoms with Gasteiger partial charge in [-0.05, 0) is 47.2 Å². The Kier molecular flexibility index (Phi) is 5.56. The molecule has 9 nitrogen and oxygen atoms in total. The van der Waals surface area contributed by atoms with Crippen LogP contribution in [0.4, 0.5) is 5.69 Å². The molecule has 12 heteroatoms. The van der Waals surface area contributed by atoms with Crippen molar-refractivity contribution in [2.75, 3.05) is 18.9 Å². The van der Waals surface area contributed by atoms with Gasteiger partial charge in [0.2, 0.25) is 5.91 Å². The number of amides is 1. The van der Waals surface area contributed by atoms with Gasteiger partial charge in [0.25, 0.3) is 10.0 Å². The van der Waals surface area contributed by atoms with E-state index < -0.39 is 15.9 Å². The summed E-state index contributed by atoms with van der Waals surface area (Å²) in [6.07, 6.45) is 1.43. The van der Waals surface area contributed by atoms with Gasteiger partial charge in [-0.25, -0.2) is 13.1 Å². The third kappa shape index (κ3) is 4.33. The average Bonchev–Trinajstić information content (AvgIpc) is 3.28. The highest BCUT2D eigenvalue weighted by atomic mass is 35.5. The Labute approximate surface area is 164 Å². The highest BCUT2D eigenvalue weighted by molar-refractivity contribution is 7.91. The highest BCUT2D eigenvalue weighted by Gasteiger charge is 2.25. The second kappa shape index (κ2) is 7.72. The third-order valence-electron chi connectivity index (χ3n) is 3.69. The topological polar surface area (TPSA) is 110 Å². The van der Waals surface area contributed by atoms with Gasteiger partial charge in [0.15, 0.2) is 0 Å². The minimum atomic E-state index is -3.78. The number of carbonyl (C=O) groups excluding carboxylic acids is 1. The van der Waals surface area contributed by atoms with Crippen molar-refractivity contribution in [1.29, 1.82) is 0 Å². The molecule has 1 amide bonds. The molecule has 1 aromatic carbocycles. The Morgan fingerprint density at radius 1 is 1.33 bits per heavy atom. The van der Waals surface area contributed by atoms with Crippen LogP contribution in [0.15, 0.2) is 40.9 Å². The van der Waals surface area contributed by atoms with Crippen LogP contribution >= 0.6 is 22.9 Å². The molecule has 2 heterocycles. The molecule has 0 saturated heterocycles. The molecule has 0 aliphatic carbocycles. The van der Waals surface area contributed by atoms with Gasteiger partial charge in [-0.1, -0.05) is 17.7 Å². The molecule has 0 aliphatic heterocycles. The van der Waals surface area contributed by atoms with Gasteiger partial charge < -0.3 is 5.32 Å². The van der Waals surface area contributed by atoms with Crippen LogP contribution in [-0.2, 0) is 14.8 Å². The van der Waals surface area contributed by atoms with Crippen molar-refractivity contribution in [1.82, 2.24) is 24.5 Å². The van der Waals surface area contributed by atoms with Crippen molar-refractivity contribution in [2.24, 2.45) is 0 Å². The number of aromatic nitrogens is 4. The number of benzene rings is 1. The number of hydrogen-bond donors (Lipinski definition) is 1. The number of rotatable bonds is 6. The largest absolute Gasteiger partial charge is 0.325 e. The van der Waals surface area contributed by atoms with Crippen molar-refractivity contribution >= 4 is 44.6 Å². The lowest BCUT2D eigenvalue weighted by atomic mass is 10.2.